The Morgan fingerprint density at radius 2 is 1.89 bits per heavy atom. The smallest absolute Gasteiger partial charge is 0.314 e. The molecule has 0 bridgehead atoms. The summed E-state index contributed by atoms with van der Waals surface area (Å²) in [5.41, 5.74) is -0.516. The lowest BCUT2D eigenvalue weighted by Crippen LogP contribution is -2.38. The molecule has 0 unspecified atom stereocenters. The van der Waals surface area contributed by atoms with E-state index in [4.69, 9.17) is 0 Å². The van der Waals surface area contributed by atoms with Gasteiger partial charge in [-0.2, -0.15) is 0 Å². The summed E-state index contributed by atoms with van der Waals surface area (Å²) in [7, 11) is 0. The first-order valence-corrected chi connectivity index (χ1v) is 6.20. The number of hydrogen-bond acceptors (Lipinski definition) is 2. The Labute approximate surface area is 105 Å². The molecule has 0 spiro atoms. The summed E-state index contributed by atoms with van der Waals surface area (Å²) < 4.78 is 13.5. The maximum atomic E-state index is 13.5. The average Bonchev–Trinajstić information content (AvgIpc) is 2.34. The summed E-state index contributed by atoms with van der Waals surface area (Å²) in [4.78, 5) is 11.6. The van der Waals surface area contributed by atoms with Gasteiger partial charge < -0.3 is 10.2 Å². The fourth-order valence-electron chi connectivity index (χ4n) is 2.85. The second-order valence-corrected chi connectivity index (χ2v) is 5.07. The number of aliphatic carboxylic acids is 1. The van der Waals surface area contributed by atoms with E-state index in [-0.39, 0.29) is 11.3 Å². The van der Waals surface area contributed by atoms with Crippen molar-refractivity contribution in [3.05, 3.63) is 29.1 Å². The highest BCUT2D eigenvalue weighted by molar-refractivity contribution is 5.82. The minimum atomic E-state index is -1.13. The van der Waals surface area contributed by atoms with Crippen LogP contribution in [0.3, 0.4) is 0 Å². The molecule has 1 aliphatic rings. The van der Waals surface area contributed by atoms with E-state index in [9.17, 15) is 19.4 Å². The highest BCUT2D eigenvalue weighted by Crippen LogP contribution is 2.44. The summed E-state index contributed by atoms with van der Waals surface area (Å²) in [6, 6.07) is 2.39. The maximum Gasteiger partial charge on any atom is 0.314 e. The minimum Gasteiger partial charge on any atom is -0.507 e. The third kappa shape index (κ3) is 1.96. The van der Waals surface area contributed by atoms with Gasteiger partial charge in [-0.1, -0.05) is 19.3 Å². The lowest BCUT2D eigenvalue weighted by Gasteiger charge is -2.34. The standard InChI is InChI=1S/C14H17FO3/c1-9-7-10(15)8-11(12(9)16)14(13(17)18)5-3-2-4-6-14/h7-8,16H,2-6H2,1H3,(H,17,18). The quantitative estimate of drug-likeness (QED) is 0.850. The van der Waals surface area contributed by atoms with E-state index < -0.39 is 17.2 Å². The van der Waals surface area contributed by atoms with Gasteiger partial charge in [-0.3, -0.25) is 4.79 Å². The number of carboxylic acids is 1. The molecule has 1 aromatic rings. The van der Waals surface area contributed by atoms with Crippen LogP contribution in [0.5, 0.6) is 5.75 Å². The number of phenols is 1. The van der Waals surface area contributed by atoms with Gasteiger partial charge in [-0.05, 0) is 37.5 Å². The number of benzene rings is 1. The van der Waals surface area contributed by atoms with Crippen molar-refractivity contribution in [1.29, 1.82) is 0 Å². The lowest BCUT2D eigenvalue weighted by molar-refractivity contribution is -0.145. The van der Waals surface area contributed by atoms with Crippen LogP contribution in [0.15, 0.2) is 12.1 Å². The van der Waals surface area contributed by atoms with Gasteiger partial charge in [0.2, 0.25) is 0 Å². The van der Waals surface area contributed by atoms with Crippen molar-refractivity contribution in [1.82, 2.24) is 0 Å². The van der Waals surface area contributed by atoms with E-state index in [1.54, 1.807) is 6.92 Å². The second-order valence-electron chi connectivity index (χ2n) is 5.07. The SMILES string of the molecule is Cc1cc(F)cc(C2(C(=O)O)CCCCC2)c1O. The Hall–Kier alpha value is -1.58. The topological polar surface area (TPSA) is 57.5 Å². The number of carboxylic acid groups (broad SMARTS) is 1. The Kier molecular flexibility index (Phi) is 3.28. The third-order valence-corrected chi connectivity index (χ3v) is 3.90. The van der Waals surface area contributed by atoms with Crippen molar-refractivity contribution in [3.63, 3.8) is 0 Å². The van der Waals surface area contributed by atoms with Gasteiger partial charge >= 0.3 is 5.97 Å². The van der Waals surface area contributed by atoms with Gasteiger partial charge in [0.05, 0.1) is 5.41 Å². The number of hydrogen-bond donors (Lipinski definition) is 2. The minimum absolute atomic E-state index is 0.0827. The molecule has 0 aromatic heterocycles. The van der Waals surface area contributed by atoms with Crippen LogP contribution in [0.2, 0.25) is 0 Å². The van der Waals surface area contributed by atoms with Crippen molar-refractivity contribution in [2.45, 2.75) is 44.4 Å². The number of halogens is 1. The van der Waals surface area contributed by atoms with Gasteiger partial charge in [-0.15, -0.1) is 0 Å². The van der Waals surface area contributed by atoms with Gasteiger partial charge in [0, 0.05) is 5.56 Å². The maximum absolute atomic E-state index is 13.5. The van der Waals surface area contributed by atoms with Crippen LogP contribution in [0.1, 0.15) is 43.2 Å². The molecular weight excluding hydrogens is 235 g/mol. The molecule has 1 saturated carbocycles. The fourth-order valence-corrected chi connectivity index (χ4v) is 2.85. The number of rotatable bonds is 2. The Morgan fingerprint density at radius 3 is 2.44 bits per heavy atom. The summed E-state index contributed by atoms with van der Waals surface area (Å²) in [6.45, 7) is 1.58. The molecule has 1 fully saturated rings. The molecule has 1 aliphatic carbocycles. The molecule has 0 heterocycles. The molecule has 0 atom stereocenters. The predicted molar refractivity (Wildman–Crippen MR) is 65.2 cm³/mol. The zero-order valence-electron chi connectivity index (χ0n) is 10.4. The highest BCUT2D eigenvalue weighted by Gasteiger charge is 2.43. The second kappa shape index (κ2) is 4.59. The van der Waals surface area contributed by atoms with Crippen molar-refractivity contribution >= 4 is 5.97 Å². The number of phenolic OH excluding ortho intramolecular Hbond substituents is 1. The van der Waals surface area contributed by atoms with E-state index >= 15 is 0 Å². The van der Waals surface area contributed by atoms with Crippen LogP contribution in [0.25, 0.3) is 0 Å². The number of aryl methyl sites for hydroxylation is 1. The normalized spacial score (nSPS) is 18.6. The van der Waals surface area contributed by atoms with E-state index in [0.29, 0.717) is 18.4 Å². The highest BCUT2D eigenvalue weighted by atomic mass is 19.1. The van der Waals surface area contributed by atoms with Crippen molar-refractivity contribution in [2.24, 2.45) is 0 Å². The van der Waals surface area contributed by atoms with Crippen LogP contribution in [0.4, 0.5) is 4.39 Å². The molecule has 0 aliphatic heterocycles. The van der Waals surface area contributed by atoms with Crippen LogP contribution in [-0.2, 0) is 10.2 Å². The largest absolute Gasteiger partial charge is 0.507 e. The zero-order valence-corrected chi connectivity index (χ0v) is 10.4. The van der Waals surface area contributed by atoms with Gasteiger partial charge in [-0.25, -0.2) is 4.39 Å². The molecular formula is C14H17FO3. The average molecular weight is 252 g/mol. The van der Waals surface area contributed by atoms with Crippen LogP contribution < -0.4 is 0 Å². The van der Waals surface area contributed by atoms with Crippen LogP contribution in [-0.4, -0.2) is 16.2 Å². The first kappa shape index (κ1) is 12.9. The molecule has 18 heavy (non-hydrogen) atoms. The van der Waals surface area contributed by atoms with Gasteiger partial charge in [0.1, 0.15) is 11.6 Å². The molecule has 0 saturated heterocycles. The van der Waals surface area contributed by atoms with Gasteiger partial charge in [0.15, 0.2) is 0 Å². The van der Waals surface area contributed by atoms with Gasteiger partial charge in [0.25, 0.3) is 0 Å². The van der Waals surface area contributed by atoms with Crippen molar-refractivity contribution in [2.75, 3.05) is 0 Å². The van der Waals surface area contributed by atoms with E-state index in [1.165, 1.54) is 12.1 Å². The third-order valence-electron chi connectivity index (χ3n) is 3.90. The zero-order chi connectivity index (χ0) is 13.3. The monoisotopic (exact) mass is 252 g/mol. The Balaban J connectivity index is 2.59. The molecule has 4 heteroatoms. The first-order chi connectivity index (χ1) is 8.47. The molecule has 0 amide bonds. The van der Waals surface area contributed by atoms with E-state index in [0.717, 1.165) is 19.3 Å². The Morgan fingerprint density at radius 1 is 1.28 bits per heavy atom. The summed E-state index contributed by atoms with van der Waals surface area (Å²) in [6.07, 6.45) is 3.49. The first-order valence-electron chi connectivity index (χ1n) is 6.20. The lowest BCUT2D eigenvalue weighted by atomic mass is 9.69. The summed E-state index contributed by atoms with van der Waals surface area (Å²) in [5, 5.41) is 19.6. The van der Waals surface area contributed by atoms with Crippen LogP contribution in [0, 0.1) is 12.7 Å². The molecule has 98 valence electrons. The van der Waals surface area contributed by atoms with Crippen LogP contribution >= 0.6 is 0 Å². The van der Waals surface area contributed by atoms with Crippen molar-refractivity contribution < 1.29 is 19.4 Å². The number of carbonyl (C=O) groups is 1. The molecule has 0 radical (unpaired) electrons. The molecule has 2 rings (SSSR count). The fraction of sp³-hybridized carbons (Fsp3) is 0.500. The molecule has 2 N–H and O–H groups in total. The predicted octanol–water partition coefficient (Wildman–Crippen LogP) is 3.13. The van der Waals surface area contributed by atoms with Crippen molar-refractivity contribution in [3.8, 4) is 5.75 Å². The molecule has 3 nitrogen and oxygen atoms in total. The summed E-state index contributed by atoms with van der Waals surface area (Å²) >= 11 is 0. The Bertz CT molecular complexity index is 476. The number of aromatic hydroxyl groups is 1. The van der Waals surface area contributed by atoms with E-state index in [1.807, 2.05) is 0 Å². The molecule has 1 aromatic carbocycles. The summed E-state index contributed by atoms with van der Waals surface area (Å²) in [5.74, 6) is -1.55. The van der Waals surface area contributed by atoms with E-state index in [2.05, 4.69) is 0 Å².